The Kier molecular flexibility index (Phi) is 5.98. The Labute approximate surface area is 123 Å². The minimum absolute atomic E-state index is 0.0125. The first kappa shape index (κ1) is 16.8. The van der Waals surface area contributed by atoms with Crippen molar-refractivity contribution in [2.75, 3.05) is 20.8 Å². The fraction of sp³-hybridized carbons (Fsp3) is 0.429. The topological polar surface area (TPSA) is 102 Å². The summed E-state index contributed by atoms with van der Waals surface area (Å²) in [5.74, 6) is -0.973. The summed E-state index contributed by atoms with van der Waals surface area (Å²) in [6.07, 6.45) is 0. The van der Waals surface area contributed by atoms with Gasteiger partial charge in [0.15, 0.2) is 17.5 Å². The maximum Gasteiger partial charge on any atom is 0.332 e. The van der Waals surface area contributed by atoms with Crippen LogP contribution in [0, 0.1) is 0 Å². The molecule has 0 bridgehead atoms. The van der Waals surface area contributed by atoms with Gasteiger partial charge in [-0.1, -0.05) is 6.07 Å². The Morgan fingerprint density at radius 3 is 2.67 bits per heavy atom. The van der Waals surface area contributed by atoms with E-state index in [-0.39, 0.29) is 18.9 Å². The number of aromatic hydroxyl groups is 1. The molecule has 7 heteroatoms. The van der Waals surface area contributed by atoms with Crippen LogP contribution in [0.1, 0.15) is 12.5 Å². The van der Waals surface area contributed by atoms with Crippen LogP contribution < -0.4 is 10.5 Å². The average Bonchev–Trinajstić information content (AvgIpc) is 2.47. The summed E-state index contributed by atoms with van der Waals surface area (Å²) in [7, 11) is 2.96. The predicted molar refractivity (Wildman–Crippen MR) is 75.7 cm³/mol. The smallest absolute Gasteiger partial charge is 0.332 e. The molecular weight excluding hydrogens is 276 g/mol. The lowest BCUT2D eigenvalue weighted by molar-refractivity contribution is -0.150. The van der Waals surface area contributed by atoms with E-state index in [1.54, 1.807) is 19.1 Å². The van der Waals surface area contributed by atoms with Crippen LogP contribution in [0.2, 0.25) is 0 Å². The number of benzene rings is 1. The lowest BCUT2D eigenvalue weighted by atomic mass is 10.1. The van der Waals surface area contributed by atoms with Crippen LogP contribution in [0.15, 0.2) is 18.2 Å². The number of esters is 1. The molecule has 0 spiro atoms. The lowest BCUT2D eigenvalue weighted by Gasteiger charge is -2.20. The second kappa shape index (κ2) is 7.49. The van der Waals surface area contributed by atoms with E-state index >= 15 is 0 Å². The van der Waals surface area contributed by atoms with Gasteiger partial charge in [-0.3, -0.25) is 4.79 Å². The third-order valence-corrected chi connectivity index (χ3v) is 2.85. The van der Waals surface area contributed by atoms with Crippen LogP contribution >= 0.6 is 0 Å². The third kappa shape index (κ3) is 4.35. The fourth-order valence-corrected chi connectivity index (χ4v) is 1.74. The van der Waals surface area contributed by atoms with Crippen molar-refractivity contribution in [2.45, 2.75) is 19.5 Å². The summed E-state index contributed by atoms with van der Waals surface area (Å²) in [4.78, 5) is 24.8. The molecule has 1 atom stereocenters. The van der Waals surface area contributed by atoms with E-state index in [1.165, 1.54) is 25.1 Å². The number of rotatable bonds is 6. The number of phenols is 1. The number of ether oxygens (including phenoxy) is 2. The van der Waals surface area contributed by atoms with Gasteiger partial charge in [0.05, 0.1) is 13.7 Å². The maximum atomic E-state index is 12.0. The Morgan fingerprint density at radius 2 is 2.10 bits per heavy atom. The van der Waals surface area contributed by atoms with Gasteiger partial charge in [-0.2, -0.15) is 0 Å². The summed E-state index contributed by atoms with van der Waals surface area (Å²) in [6.45, 7) is 2.03. The Hall–Kier alpha value is -2.28. The predicted octanol–water partition coefficient (Wildman–Crippen LogP) is 0.250. The Morgan fingerprint density at radius 1 is 1.43 bits per heavy atom. The molecule has 3 N–H and O–H groups in total. The molecule has 0 aromatic heterocycles. The van der Waals surface area contributed by atoms with E-state index in [4.69, 9.17) is 15.2 Å². The molecule has 1 aromatic carbocycles. The summed E-state index contributed by atoms with van der Waals surface area (Å²) < 4.78 is 9.71. The number of nitrogens with two attached hydrogens (primary N) is 1. The maximum absolute atomic E-state index is 12.0. The van der Waals surface area contributed by atoms with Crippen molar-refractivity contribution in [3.8, 4) is 11.5 Å². The summed E-state index contributed by atoms with van der Waals surface area (Å²) >= 11 is 0. The fourth-order valence-electron chi connectivity index (χ4n) is 1.74. The van der Waals surface area contributed by atoms with Crippen LogP contribution in [0.5, 0.6) is 11.5 Å². The lowest BCUT2D eigenvalue weighted by Crippen LogP contribution is -2.47. The van der Waals surface area contributed by atoms with Crippen LogP contribution in [0.25, 0.3) is 0 Å². The summed E-state index contributed by atoms with van der Waals surface area (Å²) in [6, 6.07) is 3.39. The number of hydrogen-bond acceptors (Lipinski definition) is 6. The number of amides is 1. The number of hydrogen-bond donors (Lipinski definition) is 2. The van der Waals surface area contributed by atoms with Crippen molar-refractivity contribution in [1.82, 2.24) is 4.90 Å². The van der Waals surface area contributed by atoms with Crippen molar-refractivity contribution < 1.29 is 24.2 Å². The van der Waals surface area contributed by atoms with Gasteiger partial charge in [-0.05, 0) is 24.6 Å². The highest BCUT2D eigenvalue weighted by molar-refractivity contribution is 6.01. The first-order chi connectivity index (χ1) is 9.90. The molecule has 0 aliphatic heterocycles. The van der Waals surface area contributed by atoms with Gasteiger partial charge < -0.3 is 25.2 Å². The first-order valence-corrected chi connectivity index (χ1v) is 6.43. The largest absolute Gasteiger partial charge is 0.504 e. The molecule has 0 aliphatic rings. The molecule has 1 aromatic rings. The molecular formula is C14H20N2O5. The Bertz CT molecular complexity index is 518. The zero-order chi connectivity index (χ0) is 16.0. The molecule has 0 fully saturated rings. The van der Waals surface area contributed by atoms with E-state index in [0.29, 0.717) is 5.75 Å². The van der Waals surface area contributed by atoms with E-state index in [9.17, 15) is 14.7 Å². The van der Waals surface area contributed by atoms with Crippen molar-refractivity contribution in [2.24, 2.45) is 5.73 Å². The average molecular weight is 296 g/mol. The summed E-state index contributed by atoms with van der Waals surface area (Å²) in [5, 5.41) is 9.51. The summed E-state index contributed by atoms with van der Waals surface area (Å²) in [5.41, 5.74) is 6.28. The standard InChI is InChI=1S/C14H20N2O5/c1-4-21-14(19)12(15)13(18)16(2)8-9-5-6-10(17)11(7-9)20-3/h5-7,12,17H,4,8,15H2,1-3H3. The highest BCUT2D eigenvalue weighted by Gasteiger charge is 2.26. The number of nitrogens with zero attached hydrogens (tertiary/aromatic N) is 1. The van der Waals surface area contributed by atoms with E-state index in [1.807, 2.05) is 0 Å². The van der Waals surface area contributed by atoms with Gasteiger partial charge in [-0.15, -0.1) is 0 Å². The highest BCUT2D eigenvalue weighted by Crippen LogP contribution is 2.26. The second-order valence-corrected chi connectivity index (χ2v) is 4.43. The quantitative estimate of drug-likeness (QED) is 0.576. The number of carbonyl (C=O) groups is 2. The Balaban J connectivity index is 2.74. The van der Waals surface area contributed by atoms with Crippen molar-refractivity contribution in [3.63, 3.8) is 0 Å². The van der Waals surface area contributed by atoms with Crippen LogP contribution in [-0.4, -0.2) is 48.7 Å². The van der Waals surface area contributed by atoms with Gasteiger partial charge in [0.2, 0.25) is 0 Å². The SMILES string of the molecule is CCOC(=O)C(N)C(=O)N(C)Cc1ccc(O)c(OC)c1. The van der Waals surface area contributed by atoms with Crippen molar-refractivity contribution >= 4 is 11.9 Å². The molecule has 1 rings (SSSR count). The van der Waals surface area contributed by atoms with Gasteiger partial charge >= 0.3 is 5.97 Å². The number of carbonyl (C=O) groups excluding carboxylic acids is 2. The molecule has 21 heavy (non-hydrogen) atoms. The molecule has 0 saturated heterocycles. The van der Waals surface area contributed by atoms with Crippen LogP contribution in [0.3, 0.4) is 0 Å². The molecule has 0 radical (unpaired) electrons. The van der Waals surface area contributed by atoms with Crippen molar-refractivity contribution in [3.05, 3.63) is 23.8 Å². The second-order valence-electron chi connectivity index (χ2n) is 4.43. The van der Waals surface area contributed by atoms with Gasteiger partial charge in [0, 0.05) is 13.6 Å². The first-order valence-electron chi connectivity index (χ1n) is 6.43. The number of methoxy groups -OCH3 is 1. The number of likely N-dealkylation sites (N-methyl/N-ethyl adjacent to an activating group) is 1. The van der Waals surface area contributed by atoms with E-state index < -0.39 is 17.9 Å². The van der Waals surface area contributed by atoms with E-state index in [0.717, 1.165) is 5.56 Å². The zero-order valence-electron chi connectivity index (χ0n) is 12.3. The van der Waals surface area contributed by atoms with Gasteiger partial charge in [0.1, 0.15) is 0 Å². The molecule has 0 heterocycles. The molecule has 1 unspecified atom stereocenters. The third-order valence-electron chi connectivity index (χ3n) is 2.85. The number of phenolic OH excluding ortho intramolecular Hbond substituents is 1. The van der Waals surface area contributed by atoms with Crippen LogP contribution in [0.4, 0.5) is 0 Å². The monoisotopic (exact) mass is 296 g/mol. The van der Waals surface area contributed by atoms with Gasteiger partial charge in [-0.25, -0.2) is 4.79 Å². The van der Waals surface area contributed by atoms with E-state index in [2.05, 4.69) is 0 Å². The van der Waals surface area contributed by atoms with Gasteiger partial charge in [0.25, 0.3) is 5.91 Å². The molecule has 1 amide bonds. The zero-order valence-corrected chi connectivity index (χ0v) is 12.3. The minimum atomic E-state index is -1.34. The normalized spacial score (nSPS) is 11.6. The molecule has 7 nitrogen and oxygen atoms in total. The minimum Gasteiger partial charge on any atom is -0.504 e. The molecule has 0 saturated carbocycles. The molecule has 0 aliphatic carbocycles. The van der Waals surface area contributed by atoms with Crippen LogP contribution in [-0.2, 0) is 20.9 Å². The highest BCUT2D eigenvalue weighted by atomic mass is 16.5. The van der Waals surface area contributed by atoms with Crippen molar-refractivity contribution in [1.29, 1.82) is 0 Å². The molecule has 116 valence electrons.